The predicted molar refractivity (Wildman–Crippen MR) is 105 cm³/mol. The van der Waals surface area contributed by atoms with Crippen LogP contribution in [0.3, 0.4) is 0 Å². The number of hydrogen-bond donors (Lipinski definition) is 2. The highest BCUT2D eigenvalue weighted by Crippen LogP contribution is 2.16. The van der Waals surface area contributed by atoms with Crippen LogP contribution >= 0.6 is 15.9 Å². The van der Waals surface area contributed by atoms with E-state index in [-0.39, 0.29) is 24.1 Å². The molecule has 0 saturated heterocycles. The third kappa shape index (κ3) is 4.98. The number of hydrogen-bond acceptors (Lipinski definition) is 4. The topological polar surface area (TPSA) is 80.6 Å². The van der Waals surface area contributed by atoms with Crippen molar-refractivity contribution in [2.24, 2.45) is 0 Å². The summed E-state index contributed by atoms with van der Waals surface area (Å²) in [5, 5.41) is 5.50. The van der Waals surface area contributed by atoms with E-state index < -0.39 is 0 Å². The minimum Gasteiger partial charge on any atom is -0.497 e. The molecule has 3 rings (SSSR count). The Morgan fingerprint density at radius 3 is 2.33 bits per heavy atom. The molecule has 0 spiro atoms. The van der Waals surface area contributed by atoms with E-state index in [1.54, 1.807) is 55.6 Å². The number of carbonyl (C=O) groups is 2. The van der Waals surface area contributed by atoms with E-state index >= 15 is 0 Å². The molecule has 0 aliphatic carbocycles. The summed E-state index contributed by atoms with van der Waals surface area (Å²) < 4.78 is 11.5. The van der Waals surface area contributed by atoms with Crippen molar-refractivity contribution in [3.8, 4) is 5.75 Å². The minimum absolute atomic E-state index is 0.173. The first-order chi connectivity index (χ1) is 13.0. The first-order valence-electron chi connectivity index (χ1n) is 8.13. The molecule has 0 fully saturated rings. The molecule has 1 aromatic heterocycles. The van der Waals surface area contributed by atoms with Crippen LogP contribution in [0.5, 0.6) is 5.75 Å². The average Bonchev–Trinajstić information content (AvgIpc) is 3.17. The number of halogens is 1. The van der Waals surface area contributed by atoms with E-state index in [1.165, 1.54) is 0 Å². The number of methoxy groups -OCH3 is 1. The number of furan rings is 1. The van der Waals surface area contributed by atoms with Gasteiger partial charge in [-0.3, -0.25) is 9.59 Å². The Balaban J connectivity index is 1.56. The first kappa shape index (κ1) is 18.7. The van der Waals surface area contributed by atoms with Gasteiger partial charge in [0.25, 0.3) is 11.8 Å². The molecule has 2 N–H and O–H groups in total. The number of rotatable bonds is 6. The molecule has 1 heterocycles. The van der Waals surface area contributed by atoms with Crippen LogP contribution in [0.25, 0.3) is 0 Å². The highest BCUT2D eigenvalue weighted by atomic mass is 79.9. The van der Waals surface area contributed by atoms with Crippen molar-refractivity contribution in [2.45, 2.75) is 6.54 Å². The summed E-state index contributed by atoms with van der Waals surface area (Å²) in [6.07, 6.45) is 0. The number of carbonyl (C=O) groups excluding carboxylic acids is 2. The van der Waals surface area contributed by atoms with Gasteiger partial charge in [-0.2, -0.15) is 0 Å². The lowest BCUT2D eigenvalue weighted by Gasteiger charge is -2.05. The second-order valence-electron chi connectivity index (χ2n) is 5.64. The normalized spacial score (nSPS) is 10.3. The Morgan fingerprint density at radius 1 is 0.963 bits per heavy atom. The molecule has 0 bridgehead atoms. The summed E-state index contributed by atoms with van der Waals surface area (Å²) in [5.74, 6) is 0.739. The third-order valence-electron chi connectivity index (χ3n) is 3.76. The van der Waals surface area contributed by atoms with Crippen molar-refractivity contribution in [3.63, 3.8) is 0 Å². The molecule has 2 aromatic carbocycles. The number of benzene rings is 2. The standard InChI is InChI=1S/C20H17BrN2O4/c1-26-16-8-2-13(3-9-16)19(24)22-12-17-10-11-18(27-17)20(25)23-15-6-4-14(21)5-7-15/h2-11H,12H2,1H3,(H,22,24)(H,23,25). The average molecular weight is 429 g/mol. The van der Waals surface area contributed by atoms with E-state index in [0.29, 0.717) is 22.8 Å². The molecule has 0 unspecified atom stereocenters. The fourth-order valence-electron chi connectivity index (χ4n) is 2.33. The minimum atomic E-state index is -0.356. The third-order valence-corrected chi connectivity index (χ3v) is 4.29. The molecule has 3 aromatic rings. The molecule has 0 radical (unpaired) electrons. The Kier molecular flexibility index (Phi) is 5.93. The van der Waals surface area contributed by atoms with E-state index in [2.05, 4.69) is 26.6 Å². The van der Waals surface area contributed by atoms with E-state index in [4.69, 9.17) is 9.15 Å². The van der Waals surface area contributed by atoms with Gasteiger partial charge >= 0.3 is 0 Å². The molecule has 27 heavy (non-hydrogen) atoms. The van der Waals surface area contributed by atoms with Crippen molar-refractivity contribution in [3.05, 3.63) is 82.2 Å². The van der Waals surface area contributed by atoms with Gasteiger partial charge < -0.3 is 19.8 Å². The number of ether oxygens (including phenoxy) is 1. The molecule has 0 atom stereocenters. The van der Waals surface area contributed by atoms with Crippen molar-refractivity contribution in [1.82, 2.24) is 5.32 Å². The van der Waals surface area contributed by atoms with Gasteiger partial charge in [-0.15, -0.1) is 0 Å². The lowest BCUT2D eigenvalue weighted by Crippen LogP contribution is -2.22. The van der Waals surface area contributed by atoms with Crippen LogP contribution in [0.1, 0.15) is 26.7 Å². The Bertz CT molecular complexity index is 933. The summed E-state index contributed by atoms with van der Waals surface area (Å²) in [6.45, 7) is 0.177. The second kappa shape index (κ2) is 8.55. The van der Waals surface area contributed by atoms with Crippen LogP contribution in [-0.2, 0) is 6.54 Å². The second-order valence-corrected chi connectivity index (χ2v) is 6.55. The molecule has 6 nitrogen and oxygen atoms in total. The van der Waals surface area contributed by atoms with Crippen LogP contribution in [0.2, 0.25) is 0 Å². The monoisotopic (exact) mass is 428 g/mol. The smallest absolute Gasteiger partial charge is 0.291 e. The van der Waals surface area contributed by atoms with E-state index in [0.717, 1.165) is 4.47 Å². The van der Waals surface area contributed by atoms with Crippen LogP contribution in [-0.4, -0.2) is 18.9 Å². The SMILES string of the molecule is COc1ccc(C(=O)NCc2ccc(C(=O)Nc3ccc(Br)cc3)o2)cc1. The quantitative estimate of drug-likeness (QED) is 0.615. The first-order valence-corrected chi connectivity index (χ1v) is 8.92. The van der Waals surface area contributed by atoms with Crippen LogP contribution in [0, 0.1) is 0 Å². The highest BCUT2D eigenvalue weighted by molar-refractivity contribution is 9.10. The molecule has 2 amide bonds. The molecule has 0 saturated carbocycles. The summed E-state index contributed by atoms with van der Waals surface area (Å²) in [7, 11) is 1.57. The fraction of sp³-hybridized carbons (Fsp3) is 0.100. The van der Waals surface area contributed by atoms with Gasteiger partial charge in [-0.05, 0) is 60.7 Å². The Hall–Kier alpha value is -3.06. The highest BCUT2D eigenvalue weighted by Gasteiger charge is 2.13. The maximum atomic E-state index is 12.2. The lowest BCUT2D eigenvalue weighted by atomic mass is 10.2. The maximum Gasteiger partial charge on any atom is 0.291 e. The molecule has 0 aliphatic heterocycles. The largest absolute Gasteiger partial charge is 0.497 e. The summed E-state index contributed by atoms with van der Waals surface area (Å²) >= 11 is 3.34. The van der Waals surface area contributed by atoms with Crippen molar-refractivity contribution >= 4 is 33.4 Å². The molecule has 0 aliphatic rings. The van der Waals surface area contributed by atoms with Crippen LogP contribution < -0.4 is 15.4 Å². The van der Waals surface area contributed by atoms with Gasteiger partial charge in [-0.1, -0.05) is 15.9 Å². The maximum absolute atomic E-state index is 12.2. The van der Waals surface area contributed by atoms with Gasteiger partial charge in [0, 0.05) is 15.7 Å². The van der Waals surface area contributed by atoms with Crippen LogP contribution in [0.15, 0.2) is 69.6 Å². The number of amides is 2. The van der Waals surface area contributed by atoms with Crippen molar-refractivity contribution in [2.75, 3.05) is 12.4 Å². The Morgan fingerprint density at radius 2 is 1.67 bits per heavy atom. The zero-order chi connectivity index (χ0) is 19.2. The Labute approximate surface area is 164 Å². The molecular weight excluding hydrogens is 412 g/mol. The zero-order valence-corrected chi connectivity index (χ0v) is 16.1. The van der Waals surface area contributed by atoms with E-state index in [1.807, 2.05) is 12.1 Å². The molecular formula is C20H17BrN2O4. The number of anilines is 1. The summed E-state index contributed by atoms with van der Waals surface area (Å²) in [5.41, 5.74) is 1.17. The molecule has 7 heteroatoms. The lowest BCUT2D eigenvalue weighted by molar-refractivity contribution is 0.0948. The van der Waals surface area contributed by atoms with Gasteiger partial charge in [0.1, 0.15) is 11.5 Å². The molecule has 138 valence electrons. The van der Waals surface area contributed by atoms with Gasteiger partial charge in [0.2, 0.25) is 0 Å². The van der Waals surface area contributed by atoms with Gasteiger partial charge in [0.05, 0.1) is 13.7 Å². The van der Waals surface area contributed by atoms with Gasteiger partial charge in [0.15, 0.2) is 5.76 Å². The summed E-state index contributed by atoms with van der Waals surface area (Å²) in [6, 6.07) is 17.2. The van der Waals surface area contributed by atoms with Crippen molar-refractivity contribution < 1.29 is 18.7 Å². The number of nitrogens with one attached hydrogen (secondary N) is 2. The summed E-state index contributed by atoms with van der Waals surface area (Å²) in [4.78, 5) is 24.4. The van der Waals surface area contributed by atoms with E-state index in [9.17, 15) is 9.59 Å². The zero-order valence-electron chi connectivity index (χ0n) is 14.5. The fourth-order valence-corrected chi connectivity index (χ4v) is 2.60. The van der Waals surface area contributed by atoms with Crippen LogP contribution in [0.4, 0.5) is 5.69 Å². The van der Waals surface area contributed by atoms with Crippen molar-refractivity contribution in [1.29, 1.82) is 0 Å². The van der Waals surface area contributed by atoms with Gasteiger partial charge in [-0.25, -0.2) is 0 Å². The predicted octanol–water partition coefficient (Wildman–Crippen LogP) is 4.23.